The molecule has 1 aliphatic heterocycles. The number of Topliss-reactive ketones (excluding diaryl/α,β-unsaturated/α-hetero) is 1. The van der Waals surface area contributed by atoms with E-state index in [-0.39, 0.29) is 29.1 Å². The van der Waals surface area contributed by atoms with E-state index in [1.165, 1.54) is 0 Å². The van der Waals surface area contributed by atoms with Crippen LogP contribution in [0.25, 0.3) is 16.6 Å². The zero-order valence-electron chi connectivity index (χ0n) is 25.6. The number of H-pyrrole nitrogens is 1. The van der Waals surface area contributed by atoms with Gasteiger partial charge in [0.25, 0.3) is 0 Å². The lowest BCUT2D eigenvalue weighted by atomic mass is 9.77. The Morgan fingerprint density at radius 3 is 2.34 bits per heavy atom. The second-order valence-electron chi connectivity index (χ2n) is 12.7. The molecule has 2 aromatic heterocycles. The van der Waals surface area contributed by atoms with E-state index in [0.29, 0.717) is 17.2 Å². The first-order valence-electron chi connectivity index (χ1n) is 15.2. The highest BCUT2D eigenvalue weighted by Gasteiger charge is 2.33. The van der Waals surface area contributed by atoms with Crippen LogP contribution in [0.5, 0.6) is 0 Å². The Kier molecular flexibility index (Phi) is 8.05. The lowest BCUT2D eigenvalue weighted by Crippen LogP contribution is -2.33. The molecule has 0 radical (unpaired) electrons. The fourth-order valence-electron chi connectivity index (χ4n) is 5.89. The number of urea groups is 1. The number of nitrogens with one attached hydrogen (secondary N) is 4. The maximum absolute atomic E-state index is 14.0. The minimum Gasteiger partial charge on any atom is -0.317 e. The molecule has 3 aromatic carbocycles. The largest absolute Gasteiger partial charge is 0.324 e. The summed E-state index contributed by atoms with van der Waals surface area (Å²) < 4.78 is 1.76. The van der Waals surface area contributed by atoms with Crippen LogP contribution in [0.3, 0.4) is 0 Å². The van der Waals surface area contributed by atoms with Crippen LogP contribution in [0.1, 0.15) is 66.8 Å². The minimum absolute atomic E-state index is 0.0202. The SMILES string of the molecule is Cc1ccc(-n2nc(C(C)(C)C)cc2NC(=O)Nc2ccc(C(C(=O)c3n[nH]c4ccccc34)C3CCNCC3)cc2)cc1. The molecule has 44 heavy (non-hydrogen) atoms. The van der Waals surface area contributed by atoms with E-state index in [1.54, 1.807) is 4.68 Å². The highest BCUT2D eigenvalue weighted by Crippen LogP contribution is 2.36. The fourth-order valence-corrected chi connectivity index (χ4v) is 5.89. The summed E-state index contributed by atoms with van der Waals surface area (Å²) in [5.41, 5.74) is 5.57. The molecular weight excluding hydrogens is 550 g/mol. The van der Waals surface area contributed by atoms with Crippen molar-refractivity contribution >= 4 is 34.2 Å². The average Bonchev–Trinajstić information content (AvgIpc) is 3.64. The summed E-state index contributed by atoms with van der Waals surface area (Å²) in [7, 11) is 0. The molecule has 0 aliphatic carbocycles. The van der Waals surface area contributed by atoms with E-state index < -0.39 is 0 Å². The lowest BCUT2D eigenvalue weighted by molar-refractivity contribution is 0.0912. The number of anilines is 2. The van der Waals surface area contributed by atoms with Gasteiger partial charge in [0.2, 0.25) is 0 Å². The van der Waals surface area contributed by atoms with Gasteiger partial charge in [0.1, 0.15) is 11.5 Å². The molecule has 9 nitrogen and oxygen atoms in total. The van der Waals surface area contributed by atoms with Crippen molar-refractivity contribution < 1.29 is 9.59 Å². The van der Waals surface area contributed by atoms with E-state index in [9.17, 15) is 9.59 Å². The summed E-state index contributed by atoms with van der Waals surface area (Å²) >= 11 is 0. The Bertz CT molecular complexity index is 1770. The molecular formula is C35H39N7O2. The molecule has 1 fully saturated rings. The Labute approximate surface area is 257 Å². The first kappa shape index (κ1) is 29.3. The molecule has 3 heterocycles. The van der Waals surface area contributed by atoms with Gasteiger partial charge in [-0.25, -0.2) is 9.48 Å². The smallest absolute Gasteiger partial charge is 0.317 e. The molecule has 1 unspecified atom stereocenters. The van der Waals surface area contributed by atoms with Crippen LogP contribution in [0.15, 0.2) is 78.9 Å². The van der Waals surface area contributed by atoms with Crippen molar-refractivity contribution in [2.75, 3.05) is 23.7 Å². The van der Waals surface area contributed by atoms with Gasteiger partial charge in [0.05, 0.1) is 22.8 Å². The van der Waals surface area contributed by atoms with Gasteiger partial charge < -0.3 is 10.6 Å². The first-order valence-corrected chi connectivity index (χ1v) is 15.2. The Hall–Kier alpha value is -4.76. The van der Waals surface area contributed by atoms with Gasteiger partial charge in [-0.3, -0.25) is 15.2 Å². The van der Waals surface area contributed by atoms with Gasteiger partial charge in [-0.15, -0.1) is 0 Å². The molecule has 4 N–H and O–H groups in total. The first-order chi connectivity index (χ1) is 21.2. The highest BCUT2D eigenvalue weighted by molar-refractivity contribution is 6.09. The van der Waals surface area contributed by atoms with Gasteiger partial charge in [-0.1, -0.05) is 68.8 Å². The predicted octanol–water partition coefficient (Wildman–Crippen LogP) is 6.96. The number of hydrogen-bond donors (Lipinski definition) is 4. The standard InChI is InChI=1S/C35H39N7O2/c1-22-9-15-26(16-10-22)42-30(21-29(41-42)35(2,3)4)38-34(44)37-25-13-11-23(12-14-25)31(24-17-19-36-20-18-24)33(43)32-27-7-5-6-8-28(27)39-40-32/h5-16,21,24,31,36H,17-20H2,1-4H3,(H,39,40)(H2,37,38,44). The van der Waals surface area contributed by atoms with Crippen LogP contribution in [0.2, 0.25) is 0 Å². The molecule has 0 bridgehead atoms. The number of aryl methyl sites for hydroxylation is 1. The van der Waals surface area contributed by atoms with Crippen molar-refractivity contribution in [3.63, 3.8) is 0 Å². The van der Waals surface area contributed by atoms with Crippen LogP contribution < -0.4 is 16.0 Å². The van der Waals surface area contributed by atoms with Crippen LogP contribution in [-0.2, 0) is 5.41 Å². The molecule has 226 valence electrons. The highest BCUT2D eigenvalue weighted by atomic mass is 16.2. The number of fused-ring (bicyclic) bond motifs is 1. The summed E-state index contributed by atoms with van der Waals surface area (Å²) in [6.45, 7) is 10.1. The molecule has 9 heteroatoms. The zero-order chi connectivity index (χ0) is 30.8. The van der Waals surface area contributed by atoms with Crippen molar-refractivity contribution in [3.8, 4) is 5.69 Å². The normalized spacial score (nSPS) is 14.8. The summed E-state index contributed by atoms with van der Waals surface area (Å²) in [6, 6.07) is 24.9. The number of carbonyl (C=O) groups is 2. The lowest BCUT2D eigenvalue weighted by Gasteiger charge is -2.30. The van der Waals surface area contributed by atoms with E-state index >= 15 is 0 Å². The molecule has 5 aromatic rings. The van der Waals surface area contributed by atoms with Crippen LogP contribution in [0, 0.1) is 12.8 Å². The van der Waals surface area contributed by atoms with Gasteiger partial charge >= 0.3 is 6.03 Å². The molecule has 1 aliphatic rings. The third-order valence-electron chi connectivity index (χ3n) is 8.37. The summed E-state index contributed by atoms with van der Waals surface area (Å²) in [5.74, 6) is 0.467. The second-order valence-corrected chi connectivity index (χ2v) is 12.7. The van der Waals surface area contributed by atoms with E-state index in [0.717, 1.165) is 59.3 Å². The van der Waals surface area contributed by atoms with E-state index in [2.05, 4.69) is 46.9 Å². The summed E-state index contributed by atoms with van der Waals surface area (Å²) in [6.07, 6.45) is 1.82. The number of aromatic amines is 1. The number of ketones is 1. The molecule has 6 rings (SSSR count). The monoisotopic (exact) mass is 589 g/mol. The van der Waals surface area contributed by atoms with E-state index in [1.807, 2.05) is 85.8 Å². The number of rotatable bonds is 7. The number of benzene rings is 3. The van der Waals surface area contributed by atoms with Gasteiger partial charge in [0, 0.05) is 22.6 Å². The number of hydrogen-bond acceptors (Lipinski definition) is 5. The van der Waals surface area contributed by atoms with Crippen molar-refractivity contribution in [3.05, 3.63) is 101 Å². The topological polar surface area (TPSA) is 117 Å². The van der Waals surface area contributed by atoms with Crippen molar-refractivity contribution in [2.45, 2.75) is 51.9 Å². The Morgan fingerprint density at radius 2 is 1.64 bits per heavy atom. The average molecular weight is 590 g/mol. The number of nitrogens with zero attached hydrogens (tertiary/aromatic N) is 3. The third kappa shape index (κ3) is 6.14. The zero-order valence-corrected chi connectivity index (χ0v) is 25.6. The van der Waals surface area contributed by atoms with Crippen molar-refractivity contribution in [1.82, 2.24) is 25.3 Å². The van der Waals surface area contributed by atoms with Gasteiger partial charge in [-0.05, 0) is 74.7 Å². The molecule has 1 saturated heterocycles. The Balaban J connectivity index is 1.22. The van der Waals surface area contributed by atoms with Gasteiger partial charge in [0.15, 0.2) is 5.78 Å². The maximum atomic E-state index is 14.0. The summed E-state index contributed by atoms with van der Waals surface area (Å²) in [5, 5.41) is 22.4. The van der Waals surface area contributed by atoms with Crippen LogP contribution in [0.4, 0.5) is 16.3 Å². The quantitative estimate of drug-likeness (QED) is 0.153. The molecule has 2 amide bonds. The number of carbonyl (C=O) groups excluding carboxylic acids is 2. The van der Waals surface area contributed by atoms with Crippen LogP contribution in [-0.4, -0.2) is 44.9 Å². The number of piperidine rings is 1. The third-order valence-corrected chi connectivity index (χ3v) is 8.37. The predicted molar refractivity (Wildman–Crippen MR) is 175 cm³/mol. The number of amides is 2. The van der Waals surface area contributed by atoms with Crippen molar-refractivity contribution in [1.29, 1.82) is 0 Å². The second kappa shape index (κ2) is 12.1. The van der Waals surface area contributed by atoms with Crippen molar-refractivity contribution in [2.24, 2.45) is 5.92 Å². The maximum Gasteiger partial charge on any atom is 0.324 e. The summed E-state index contributed by atoms with van der Waals surface area (Å²) in [4.78, 5) is 27.2. The van der Waals surface area contributed by atoms with E-state index in [4.69, 9.17) is 5.10 Å². The minimum atomic E-state index is -0.375. The van der Waals surface area contributed by atoms with Gasteiger partial charge in [-0.2, -0.15) is 10.2 Å². The fraction of sp³-hybridized carbons (Fsp3) is 0.314. The van der Waals surface area contributed by atoms with Crippen LogP contribution >= 0.6 is 0 Å². The molecule has 0 spiro atoms. The molecule has 0 saturated carbocycles. The number of para-hydroxylation sites is 1. The Morgan fingerprint density at radius 1 is 0.932 bits per heavy atom. The molecule has 1 atom stereocenters. The number of aromatic nitrogens is 4.